The molecule has 2 aromatic carbocycles. The standard InChI is InChI=1S/C20H23N3O4S/c1-4-20(24)23-19(16-7-5-6-8-17(16)22-28(3,25)26)13-18(21-23)14-9-11-15(27-2)12-10-14/h5-12,19,22H,4,13H2,1-3H3/t19-/m1/s1. The minimum Gasteiger partial charge on any atom is -0.497 e. The van der Waals surface area contributed by atoms with Crippen LogP contribution in [-0.4, -0.2) is 38.4 Å². The number of sulfonamides is 1. The molecule has 1 amide bonds. The second kappa shape index (κ2) is 8.02. The molecule has 0 spiro atoms. The van der Waals surface area contributed by atoms with E-state index in [1.54, 1.807) is 26.2 Å². The van der Waals surface area contributed by atoms with Gasteiger partial charge in [-0.2, -0.15) is 5.10 Å². The number of para-hydroxylation sites is 1. The lowest BCUT2D eigenvalue weighted by Crippen LogP contribution is -2.27. The van der Waals surface area contributed by atoms with Crippen molar-refractivity contribution in [2.24, 2.45) is 5.10 Å². The van der Waals surface area contributed by atoms with Crippen molar-refractivity contribution in [3.63, 3.8) is 0 Å². The van der Waals surface area contributed by atoms with Crippen LogP contribution in [0.25, 0.3) is 0 Å². The fourth-order valence-corrected chi connectivity index (χ4v) is 3.77. The molecular formula is C20H23N3O4S. The van der Waals surface area contributed by atoms with Crippen LogP contribution in [0.2, 0.25) is 0 Å². The number of hydrogen-bond acceptors (Lipinski definition) is 5. The third-order valence-electron chi connectivity index (χ3n) is 4.51. The first-order chi connectivity index (χ1) is 13.3. The van der Waals surface area contributed by atoms with E-state index in [1.807, 2.05) is 36.4 Å². The van der Waals surface area contributed by atoms with Gasteiger partial charge in [-0.15, -0.1) is 0 Å². The fraction of sp³-hybridized carbons (Fsp3) is 0.300. The maximum atomic E-state index is 12.5. The number of rotatable bonds is 6. The average molecular weight is 401 g/mol. The van der Waals surface area contributed by atoms with E-state index in [-0.39, 0.29) is 11.9 Å². The van der Waals surface area contributed by atoms with E-state index in [0.717, 1.165) is 23.3 Å². The van der Waals surface area contributed by atoms with E-state index in [1.165, 1.54) is 5.01 Å². The Morgan fingerprint density at radius 2 is 1.89 bits per heavy atom. The van der Waals surface area contributed by atoms with Crippen molar-refractivity contribution in [3.05, 3.63) is 59.7 Å². The molecule has 1 atom stereocenters. The van der Waals surface area contributed by atoms with Gasteiger partial charge < -0.3 is 4.74 Å². The van der Waals surface area contributed by atoms with Gasteiger partial charge in [0.25, 0.3) is 0 Å². The number of methoxy groups -OCH3 is 1. The minimum absolute atomic E-state index is 0.123. The molecule has 148 valence electrons. The SMILES string of the molecule is CCC(=O)N1N=C(c2ccc(OC)cc2)C[C@@H]1c1ccccc1NS(C)(=O)=O. The summed E-state index contributed by atoms with van der Waals surface area (Å²) >= 11 is 0. The third kappa shape index (κ3) is 4.33. The number of anilines is 1. The zero-order valence-electron chi connectivity index (χ0n) is 16.0. The highest BCUT2D eigenvalue weighted by Gasteiger charge is 2.34. The molecule has 1 aliphatic rings. The van der Waals surface area contributed by atoms with Gasteiger partial charge in [-0.25, -0.2) is 13.4 Å². The molecular weight excluding hydrogens is 378 g/mol. The first-order valence-electron chi connectivity index (χ1n) is 8.93. The number of benzene rings is 2. The Balaban J connectivity index is 1.98. The quantitative estimate of drug-likeness (QED) is 0.805. The highest BCUT2D eigenvalue weighted by Crippen LogP contribution is 2.37. The summed E-state index contributed by atoms with van der Waals surface area (Å²) in [7, 11) is -1.85. The van der Waals surface area contributed by atoms with Crippen LogP contribution >= 0.6 is 0 Å². The van der Waals surface area contributed by atoms with Crippen molar-refractivity contribution >= 4 is 27.3 Å². The van der Waals surface area contributed by atoms with Crippen LogP contribution in [0.3, 0.4) is 0 Å². The highest BCUT2D eigenvalue weighted by molar-refractivity contribution is 7.92. The van der Waals surface area contributed by atoms with Gasteiger partial charge in [0.15, 0.2) is 0 Å². The van der Waals surface area contributed by atoms with Crippen LogP contribution in [0, 0.1) is 0 Å². The molecule has 0 radical (unpaired) electrons. The topological polar surface area (TPSA) is 88.1 Å². The van der Waals surface area contributed by atoms with E-state index in [9.17, 15) is 13.2 Å². The van der Waals surface area contributed by atoms with Crippen molar-refractivity contribution in [1.82, 2.24) is 5.01 Å². The monoisotopic (exact) mass is 401 g/mol. The van der Waals surface area contributed by atoms with Gasteiger partial charge >= 0.3 is 0 Å². The summed E-state index contributed by atoms with van der Waals surface area (Å²) in [6, 6.07) is 14.2. The summed E-state index contributed by atoms with van der Waals surface area (Å²) in [4.78, 5) is 12.5. The Kier molecular flexibility index (Phi) is 5.69. The van der Waals surface area contributed by atoms with Crippen LogP contribution in [0.5, 0.6) is 5.75 Å². The smallest absolute Gasteiger partial charge is 0.242 e. The second-order valence-corrected chi connectivity index (χ2v) is 8.30. The number of carbonyl (C=O) groups is 1. The summed E-state index contributed by atoms with van der Waals surface area (Å²) in [6.45, 7) is 1.78. The Morgan fingerprint density at radius 3 is 2.50 bits per heavy atom. The Hall–Kier alpha value is -2.87. The normalized spacial score (nSPS) is 16.6. The van der Waals surface area contributed by atoms with Crippen molar-refractivity contribution in [2.45, 2.75) is 25.8 Å². The lowest BCUT2D eigenvalue weighted by atomic mass is 9.97. The third-order valence-corrected chi connectivity index (χ3v) is 5.10. The first-order valence-corrected chi connectivity index (χ1v) is 10.8. The van der Waals surface area contributed by atoms with E-state index in [2.05, 4.69) is 9.82 Å². The predicted octanol–water partition coefficient (Wildman–Crippen LogP) is 3.15. The van der Waals surface area contributed by atoms with E-state index in [4.69, 9.17) is 4.74 Å². The van der Waals surface area contributed by atoms with E-state index in [0.29, 0.717) is 24.1 Å². The van der Waals surface area contributed by atoms with Gasteiger partial charge in [-0.1, -0.05) is 25.1 Å². The summed E-state index contributed by atoms with van der Waals surface area (Å²) in [6.07, 6.45) is 1.89. The number of amides is 1. The molecule has 7 nitrogen and oxygen atoms in total. The molecule has 0 saturated heterocycles. The molecule has 3 rings (SSSR count). The zero-order chi connectivity index (χ0) is 20.3. The number of nitrogens with one attached hydrogen (secondary N) is 1. The molecule has 1 aliphatic heterocycles. The van der Waals surface area contributed by atoms with Gasteiger partial charge in [-0.3, -0.25) is 9.52 Å². The Labute approximate surface area is 165 Å². The fourth-order valence-electron chi connectivity index (χ4n) is 3.18. The van der Waals surface area contributed by atoms with Gasteiger partial charge in [-0.05, 0) is 35.9 Å². The second-order valence-electron chi connectivity index (χ2n) is 6.55. The van der Waals surface area contributed by atoms with Gasteiger partial charge in [0.2, 0.25) is 15.9 Å². The summed E-state index contributed by atoms with van der Waals surface area (Å²) in [5.74, 6) is 0.616. The lowest BCUT2D eigenvalue weighted by Gasteiger charge is -2.23. The maximum Gasteiger partial charge on any atom is 0.242 e. The first kappa shape index (κ1) is 19.9. The largest absolute Gasteiger partial charge is 0.497 e. The van der Waals surface area contributed by atoms with Crippen LogP contribution in [0.1, 0.15) is 36.9 Å². The molecule has 0 fully saturated rings. The van der Waals surface area contributed by atoms with E-state index >= 15 is 0 Å². The zero-order valence-corrected chi connectivity index (χ0v) is 16.9. The highest BCUT2D eigenvalue weighted by atomic mass is 32.2. The van der Waals surface area contributed by atoms with Crippen molar-refractivity contribution < 1.29 is 17.9 Å². The van der Waals surface area contributed by atoms with E-state index < -0.39 is 10.0 Å². The Bertz CT molecular complexity index is 1000. The molecule has 28 heavy (non-hydrogen) atoms. The number of ether oxygens (including phenoxy) is 1. The van der Waals surface area contributed by atoms with Crippen LogP contribution in [0.15, 0.2) is 53.6 Å². The summed E-state index contributed by atoms with van der Waals surface area (Å²) in [5, 5.41) is 6.02. The summed E-state index contributed by atoms with van der Waals surface area (Å²) < 4.78 is 31.2. The van der Waals surface area contributed by atoms with Gasteiger partial charge in [0, 0.05) is 18.4 Å². The molecule has 2 aromatic rings. The number of nitrogens with zero attached hydrogens (tertiary/aromatic N) is 2. The Morgan fingerprint density at radius 1 is 1.21 bits per heavy atom. The number of hydrogen-bond donors (Lipinski definition) is 1. The van der Waals surface area contributed by atoms with Crippen molar-refractivity contribution in [3.8, 4) is 5.75 Å². The van der Waals surface area contributed by atoms with Crippen LogP contribution < -0.4 is 9.46 Å². The van der Waals surface area contributed by atoms with Crippen molar-refractivity contribution in [2.75, 3.05) is 18.1 Å². The molecule has 0 unspecified atom stereocenters. The minimum atomic E-state index is -3.45. The molecule has 1 heterocycles. The molecule has 0 aliphatic carbocycles. The maximum absolute atomic E-state index is 12.5. The molecule has 0 saturated carbocycles. The molecule has 0 bridgehead atoms. The lowest BCUT2D eigenvalue weighted by molar-refractivity contribution is -0.132. The average Bonchev–Trinajstić information content (AvgIpc) is 3.12. The molecule has 0 aromatic heterocycles. The van der Waals surface area contributed by atoms with Gasteiger partial charge in [0.1, 0.15) is 5.75 Å². The van der Waals surface area contributed by atoms with Gasteiger partial charge in [0.05, 0.1) is 30.8 Å². The van der Waals surface area contributed by atoms with Crippen LogP contribution in [0.4, 0.5) is 5.69 Å². The summed E-state index contributed by atoms with van der Waals surface area (Å²) in [5.41, 5.74) is 2.83. The molecule has 1 N–H and O–H groups in total. The number of hydrazone groups is 1. The molecule has 8 heteroatoms. The van der Waals surface area contributed by atoms with Crippen molar-refractivity contribution in [1.29, 1.82) is 0 Å². The number of carbonyl (C=O) groups excluding carboxylic acids is 1. The van der Waals surface area contributed by atoms with Crippen LogP contribution in [-0.2, 0) is 14.8 Å². The predicted molar refractivity (Wildman–Crippen MR) is 109 cm³/mol.